The first-order chi connectivity index (χ1) is 6.74. The smallest absolute Gasteiger partial charge is 0.148 e. The van der Waals surface area contributed by atoms with E-state index in [0.29, 0.717) is 5.75 Å². The Kier molecular flexibility index (Phi) is 3.59. The average molecular weight is 197 g/mol. The molecule has 1 rings (SSSR count). The molecule has 14 heavy (non-hydrogen) atoms. The van der Waals surface area contributed by atoms with Crippen LogP contribution < -0.4 is 14.8 Å². The van der Waals surface area contributed by atoms with Crippen molar-refractivity contribution >= 4 is 5.69 Å². The molecule has 0 amide bonds. The van der Waals surface area contributed by atoms with Gasteiger partial charge in [0, 0.05) is 5.56 Å². The van der Waals surface area contributed by atoms with Crippen molar-refractivity contribution < 1.29 is 14.6 Å². The summed E-state index contributed by atoms with van der Waals surface area (Å²) in [6.45, 7) is 1.78. The highest BCUT2D eigenvalue weighted by Gasteiger charge is 2.09. The number of rotatable bonds is 4. The minimum Gasteiger partial charge on any atom is -0.496 e. The van der Waals surface area contributed by atoms with Crippen LogP contribution in [0.1, 0.15) is 5.56 Å². The van der Waals surface area contributed by atoms with E-state index in [0.717, 1.165) is 17.0 Å². The van der Waals surface area contributed by atoms with Crippen molar-refractivity contribution in [3.8, 4) is 11.5 Å². The fraction of sp³-hybridized carbons (Fsp3) is 0.400. The standard InChI is InChI=1S/C10H15NO3/c1-7-9(13-2)5-4-8(11-6-12)10(7)14-3/h4-5,11-12H,6H2,1-3H3. The van der Waals surface area contributed by atoms with Crippen LogP contribution in [-0.2, 0) is 0 Å². The number of ether oxygens (including phenoxy) is 2. The number of anilines is 1. The molecule has 1 aromatic rings. The Bertz CT molecular complexity index is 312. The summed E-state index contributed by atoms with van der Waals surface area (Å²) < 4.78 is 10.4. The van der Waals surface area contributed by atoms with Gasteiger partial charge in [0.2, 0.25) is 0 Å². The summed E-state index contributed by atoms with van der Waals surface area (Å²) in [4.78, 5) is 0. The van der Waals surface area contributed by atoms with Gasteiger partial charge in [-0.2, -0.15) is 0 Å². The summed E-state index contributed by atoms with van der Waals surface area (Å²) in [5, 5.41) is 11.6. The molecule has 0 atom stereocenters. The van der Waals surface area contributed by atoms with Crippen molar-refractivity contribution in [1.82, 2.24) is 0 Å². The average Bonchev–Trinajstić information content (AvgIpc) is 2.19. The molecular weight excluding hydrogens is 182 g/mol. The molecule has 0 aromatic heterocycles. The van der Waals surface area contributed by atoms with E-state index in [-0.39, 0.29) is 6.73 Å². The highest BCUT2D eigenvalue weighted by atomic mass is 16.5. The van der Waals surface area contributed by atoms with Gasteiger partial charge in [0.05, 0.1) is 19.9 Å². The molecule has 0 aliphatic rings. The van der Waals surface area contributed by atoms with Crippen LogP contribution in [0.2, 0.25) is 0 Å². The monoisotopic (exact) mass is 197 g/mol. The second kappa shape index (κ2) is 4.72. The molecule has 1 aromatic carbocycles. The van der Waals surface area contributed by atoms with Gasteiger partial charge in [-0.3, -0.25) is 0 Å². The van der Waals surface area contributed by atoms with Crippen molar-refractivity contribution in [2.24, 2.45) is 0 Å². The molecular formula is C10H15NO3. The third-order valence-electron chi connectivity index (χ3n) is 2.05. The summed E-state index contributed by atoms with van der Waals surface area (Å²) in [5.74, 6) is 1.46. The Morgan fingerprint density at radius 1 is 1.29 bits per heavy atom. The van der Waals surface area contributed by atoms with Crippen LogP contribution in [0.25, 0.3) is 0 Å². The van der Waals surface area contributed by atoms with Gasteiger partial charge in [-0.25, -0.2) is 0 Å². The lowest BCUT2D eigenvalue weighted by Crippen LogP contribution is -2.03. The van der Waals surface area contributed by atoms with E-state index in [1.807, 2.05) is 13.0 Å². The number of methoxy groups -OCH3 is 2. The summed E-state index contributed by atoms with van der Waals surface area (Å²) in [6, 6.07) is 3.64. The molecule has 0 fully saturated rings. The van der Waals surface area contributed by atoms with E-state index < -0.39 is 0 Å². The molecule has 78 valence electrons. The lowest BCUT2D eigenvalue weighted by Gasteiger charge is -2.14. The molecule has 0 aliphatic carbocycles. The quantitative estimate of drug-likeness (QED) is 0.716. The van der Waals surface area contributed by atoms with Gasteiger partial charge in [0.1, 0.15) is 18.2 Å². The SMILES string of the molecule is COc1ccc(NCO)c(OC)c1C. The van der Waals surface area contributed by atoms with Gasteiger partial charge >= 0.3 is 0 Å². The summed E-state index contributed by atoms with van der Waals surface area (Å²) in [5.41, 5.74) is 1.67. The predicted octanol–water partition coefficient (Wildman–Crippen LogP) is 1.37. The van der Waals surface area contributed by atoms with Crippen LogP contribution in [0, 0.1) is 6.92 Å². The van der Waals surface area contributed by atoms with Gasteiger partial charge in [0.15, 0.2) is 0 Å². The molecule has 0 spiro atoms. The van der Waals surface area contributed by atoms with Gasteiger partial charge in [-0.15, -0.1) is 0 Å². The van der Waals surface area contributed by atoms with Crippen LogP contribution in [-0.4, -0.2) is 26.1 Å². The first-order valence-corrected chi connectivity index (χ1v) is 4.31. The van der Waals surface area contributed by atoms with Gasteiger partial charge in [-0.1, -0.05) is 0 Å². The maximum atomic E-state index is 8.76. The molecule has 4 nitrogen and oxygen atoms in total. The van der Waals surface area contributed by atoms with Crippen molar-refractivity contribution in [1.29, 1.82) is 0 Å². The third-order valence-corrected chi connectivity index (χ3v) is 2.05. The molecule has 0 bridgehead atoms. The van der Waals surface area contributed by atoms with E-state index >= 15 is 0 Å². The minimum atomic E-state index is -0.123. The molecule has 0 saturated heterocycles. The fourth-order valence-electron chi connectivity index (χ4n) is 1.38. The van der Waals surface area contributed by atoms with Gasteiger partial charge in [-0.05, 0) is 19.1 Å². The fourth-order valence-corrected chi connectivity index (χ4v) is 1.38. The Labute approximate surface area is 83.5 Å². The maximum Gasteiger partial charge on any atom is 0.148 e. The van der Waals surface area contributed by atoms with Crippen LogP contribution >= 0.6 is 0 Å². The lowest BCUT2D eigenvalue weighted by molar-refractivity contribution is 0.324. The number of hydrogen-bond acceptors (Lipinski definition) is 4. The van der Waals surface area contributed by atoms with Crippen molar-refractivity contribution in [2.75, 3.05) is 26.3 Å². The highest BCUT2D eigenvalue weighted by Crippen LogP contribution is 2.34. The normalized spacial score (nSPS) is 9.71. The van der Waals surface area contributed by atoms with Crippen LogP contribution in [0.3, 0.4) is 0 Å². The molecule has 0 aliphatic heterocycles. The van der Waals surface area contributed by atoms with Crippen molar-refractivity contribution in [2.45, 2.75) is 6.92 Å². The number of nitrogens with one attached hydrogen (secondary N) is 1. The topological polar surface area (TPSA) is 50.7 Å². The van der Waals surface area contributed by atoms with Crippen LogP contribution in [0.15, 0.2) is 12.1 Å². The summed E-state index contributed by atoms with van der Waals surface area (Å²) in [6.07, 6.45) is 0. The van der Waals surface area contributed by atoms with E-state index in [1.165, 1.54) is 0 Å². The molecule has 0 saturated carbocycles. The first kappa shape index (κ1) is 10.7. The van der Waals surface area contributed by atoms with Crippen LogP contribution in [0.5, 0.6) is 11.5 Å². The molecule has 0 unspecified atom stereocenters. The Balaban J connectivity index is 3.14. The van der Waals surface area contributed by atoms with E-state index in [9.17, 15) is 0 Å². The van der Waals surface area contributed by atoms with Crippen molar-refractivity contribution in [3.63, 3.8) is 0 Å². The largest absolute Gasteiger partial charge is 0.496 e. The number of benzene rings is 1. The van der Waals surface area contributed by atoms with Crippen molar-refractivity contribution in [3.05, 3.63) is 17.7 Å². The minimum absolute atomic E-state index is 0.123. The van der Waals surface area contributed by atoms with E-state index in [2.05, 4.69) is 5.32 Å². The lowest BCUT2D eigenvalue weighted by atomic mass is 10.1. The molecule has 0 heterocycles. The summed E-state index contributed by atoms with van der Waals surface area (Å²) in [7, 11) is 3.20. The second-order valence-corrected chi connectivity index (χ2v) is 2.81. The van der Waals surface area contributed by atoms with Crippen LogP contribution in [0.4, 0.5) is 5.69 Å². The van der Waals surface area contributed by atoms with Gasteiger partial charge < -0.3 is 19.9 Å². The molecule has 0 radical (unpaired) electrons. The zero-order valence-corrected chi connectivity index (χ0v) is 8.63. The van der Waals surface area contributed by atoms with E-state index in [1.54, 1.807) is 20.3 Å². The highest BCUT2D eigenvalue weighted by molar-refractivity contribution is 5.63. The van der Waals surface area contributed by atoms with E-state index in [4.69, 9.17) is 14.6 Å². The van der Waals surface area contributed by atoms with Gasteiger partial charge in [0.25, 0.3) is 0 Å². The number of hydrogen-bond donors (Lipinski definition) is 2. The summed E-state index contributed by atoms with van der Waals surface area (Å²) >= 11 is 0. The number of aliphatic hydroxyl groups is 1. The zero-order valence-electron chi connectivity index (χ0n) is 8.63. The second-order valence-electron chi connectivity index (χ2n) is 2.81. The molecule has 2 N–H and O–H groups in total. The number of aliphatic hydroxyl groups excluding tert-OH is 1. The Morgan fingerprint density at radius 2 is 2.00 bits per heavy atom. The first-order valence-electron chi connectivity index (χ1n) is 4.31. The zero-order chi connectivity index (χ0) is 10.6. The Morgan fingerprint density at radius 3 is 2.50 bits per heavy atom. The Hall–Kier alpha value is -1.42. The molecule has 4 heteroatoms. The maximum absolute atomic E-state index is 8.76. The third kappa shape index (κ3) is 1.90. The predicted molar refractivity (Wildman–Crippen MR) is 55.0 cm³/mol.